The lowest BCUT2D eigenvalue weighted by atomic mass is 10.0. The number of carbonyl (C=O) groups excluding carboxylic acids is 1. The fourth-order valence-corrected chi connectivity index (χ4v) is 3.51. The Balaban J connectivity index is 1.40. The Morgan fingerprint density at radius 1 is 0.903 bits per heavy atom. The molecule has 0 atom stereocenters. The number of nitrogens with zero attached hydrogens (tertiary/aromatic N) is 3. The second-order valence-corrected chi connectivity index (χ2v) is 7.07. The lowest BCUT2D eigenvalue weighted by Crippen LogP contribution is -2.14. The third kappa shape index (κ3) is 3.91. The molecule has 0 unspecified atom stereocenters. The summed E-state index contributed by atoms with van der Waals surface area (Å²) < 4.78 is 5.42. The van der Waals surface area contributed by atoms with Gasteiger partial charge in [0.25, 0.3) is 5.91 Å². The van der Waals surface area contributed by atoms with Crippen molar-refractivity contribution in [1.82, 2.24) is 15.1 Å². The minimum Gasteiger partial charge on any atom is -0.339 e. The monoisotopic (exact) mass is 406 g/mol. The van der Waals surface area contributed by atoms with Crippen LogP contribution in [0.25, 0.3) is 22.2 Å². The Morgan fingerprint density at radius 2 is 1.74 bits per heavy atom. The maximum Gasteiger partial charge on any atom is 0.256 e. The minimum atomic E-state index is -0.161. The highest BCUT2D eigenvalue weighted by Gasteiger charge is 2.15. The van der Waals surface area contributed by atoms with Gasteiger partial charge in [-0.2, -0.15) is 4.98 Å². The van der Waals surface area contributed by atoms with Gasteiger partial charge in [-0.05, 0) is 40.6 Å². The number of nitrogens with one attached hydrogen (secondary N) is 1. The molecule has 0 fully saturated rings. The Kier molecular flexibility index (Phi) is 4.94. The van der Waals surface area contributed by atoms with E-state index in [1.54, 1.807) is 12.4 Å². The molecule has 3 aromatic carbocycles. The molecule has 0 saturated carbocycles. The quantitative estimate of drug-likeness (QED) is 0.438. The van der Waals surface area contributed by atoms with Crippen molar-refractivity contribution < 1.29 is 9.32 Å². The minimum absolute atomic E-state index is 0.161. The van der Waals surface area contributed by atoms with Crippen LogP contribution in [0.2, 0.25) is 0 Å². The molecule has 0 aliphatic heterocycles. The van der Waals surface area contributed by atoms with E-state index in [0.717, 1.165) is 21.9 Å². The maximum absolute atomic E-state index is 13.1. The van der Waals surface area contributed by atoms with Gasteiger partial charge in [0.1, 0.15) is 0 Å². The number of pyridine rings is 1. The van der Waals surface area contributed by atoms with E-state index < -0.39 is 0 Å². The molecule has 6 nitrogen and oxygen atoms in total. The maximum atomic E-state index is 13.1. The Labute approximate surface area is 178 Å². The van der Waals surface area contributed by atoms with Gasteiger partial charge in [0.15, 0.2) is 0 Å². The summed E-state index contributed by atoms with van der Waals surface area (Å²) in [6, 6.07) is 24.9. The number of hydrogen-bond donors (Lipinski definition) is 1. The van der Waals surface area contributed by atoms with E-state index in [0.29, 0.717) is 29.4 Å². The number of anilines is 1. The largest absolute Gasteiger partial charge is 0.339 e. The highest BCUT2D eigenvalue weighted by molar-refractivity contribution is 6.13. The van der Waals surface area contributed by atoms with E-state index in [2.05, 4.69) is 20.4 Å². The number of para-hydroxylation sites is 1. The zero-order valence-electron chi connectivity index (χ0n) is 16.5. The second-order valence-electron chi connectivity index (χ2n) is 7.07. The summed E-state index contributed by atoms with van der Waals surface area (Å²) >= 11 is 0. The van der Waals surface area contributed by atoms with Crippen LogP contribution in [0, 0.1) is 0 Å². The van der Waals surface area contributed by atoms with Gasteiger partial charge in [-0.3, -0.25) is 9.78 Å². The lowest BCUT2D eigenvalue weighted by molar-refractivity contribution is 0.102. The summed E-state index contributed by atoms with van der Waals surface area (Å²) in [5, 5.41) is 9.02. The smallest absolute Gasteiger partial charge is 0.256 e. The third-order valence-corrected chi connectivity index (χ3v) is 5.03. The molecular weight excluding hydrogens is 388 g/mol. The average molecular weight is 406 g/mol. The Hall–Kier alpha value is -4.32. The number of carbonyl (C=O) groups is 1. The molecule has 0 spiro atoms. The fourth-order valence-electron chi connectivity index (χ4n) is 3.51. The summed E-state index contributed by atoms with van der Waals surface area (Å²) in [6.45, 7) is 0. The molecule has 150 valence electrons. The SMILES string of the molecule is O=C(Nc1ccccc1Cc1nc(-c2cccnc2)no1)c1cccc2ccccc12. The van der Waals surface area contributed by atoms with E-state index >= 15 is 0 Å². The van der Waals surface area contributed by atoms with E-state index in [1.165, 1.54) is 0 Å². The zero-order valence-corrected chi connectivity index (χ0v) is 16.5. The molecular formula is C25H18N4O2. The van der Waals surface area contributed by atoms with Crippen LogP contribution >= 0.6 is 0 Å². The molecule has 5 rings (SSSR count). The number of fused-ring (bicyclic) bond motifs is 1. The van der Waals surface area contributed by atoms with Crippen molar-refractivity contribution in [3.63, 3.8) is 0 Å². The van der Waals surface area contributed by atoms with E-state index in [9.17, 15) is 4.79 Å². The van der Waals surface area contributed by atoms with Gasteiger partial charge >= 0.3 is 0 Å². The predicted molar refractivity (Wildman–Crippen MR) is 119 cm³/mol. The number of rotatable bonds is 5. The van der Waals surface area contributed by atoms with E-state index in [4.69, 9.17) is 4.52 Å². The van der Waals surface area contributed by atoms with Crippen LogP contribution in [-0.4, -0.2) is 21.0 Å². The summed E-state index contributed by atoms with van der Waals surface area (Å²) in [5.74, 6) is 0.789. The number of benzene rings is 3. The molecule has 0 aliphatic carbocycles. The van der Waals surface area contributed by atoms with Crippen molar-refractivity contribution in [1.29, 1.82) is 0 Å². The highest BCUT2D eigenvalue weighted by Crippen LogP contribution is 2.23. The molecule has 2 heterocycles. The molecule has 0 aliphatic rings. The first-order valence-electron chi connectivity index (χ1n) is 9.88. The van der Waals surface area contributed by atoms with Crippen LogP contribution in [0.4, 0.5) is 5.69 Å². The highest BCUT2D eigenvalue weighted by atomic mass is 16.5. The zero-order chi connectivity index (χ0) is 21.0. The van der Waals surface area contributed by atoms with Crippen molar-refractivity contribution in [3.05, 3.63) is 108 Å². The summed E-state index contributed by atoms with van der Waals surface area (Å²) in [5.41, 5.74) is 3.01. The summed E-state index contributed by atoms with van der Waals surface area (Å²) in [6.07, 6.45) is 3.78. The van der Waals surface area contributed by atoms with Crippen LogP contribution in [0.3, 0.4) is 0 Å². The van der Waals surface area contributed by atoms with E-state index in [1.807, 2.05) is 78.9 Å². The summed E-state index contributed by atoms with van der Waals surface area (Å²) in [7, 11) is 0. The topological polar surface area (TPSA) is 80.9 Å². The molecule has 0 radical (unpaired) electrons. The summed E-state index contributed by atoms with van der Waals surface area (Å²) in [4.78, 5) is 21.6. The van der Waals surface area contributed by atoms with Gasteiger partial charge < -0.3 is 9.84 Å². The van der Waals surface area contributed by atoms with Crippen LogP contribution < -0.4 is 5.32 Å². The molecule has 1 N–H and O–H groups in total. The van der Waals surface area contributed by atoms with Crippen molar-refractivity contribution >= 4 is 22.4 Å². The molecule has 31 heavy (non-hydrogen) atoms. The Bertz CT molecular complexity index is 1360. The van der Waals surface area contributed by atoms with Gasteiger partial charge in [0.2, 0.25) is 11.7 Å². The number of hydrogen-bond acceptors (Lipinski definition) is 5. The molecule has 6 heteroatoms. The standard InChI is InChI=1S/C25H18N4O2/c30-25(21-12-5-9-17-7-1-3-11-20(17)21)27-22-13-4-2-8-18(22)15-23-28-24(29-31-23)19-10-6-14-26-16-19/h1-14,16H,15H2,(H,27,30). The first-order chi connectivity index (χ1) is 15.3. The van der Waals surface area contributed by atoms with Crippen LogP contribution in [-0.2, 0) is 6.42 Å². The van der Waals surface area contributed by atoms with Gasteiger partial charge in [0, 0.05) is 29.2 Å². The number of amides is 1. The molecule has 5 aromatic rings. The average Bonchev–Trinajstić information content (AvgIpc) is 3.29. The van der Waals surface area contributed by atoms with Gasteiger partial charge in [0.05, 0.1) is 6.42 Å². The van der Waals surface area contributed by atoms with Crippen molar-refractivity contribution in [2.24, 2.45) is 0 Å². The van der Waals surface area contributed by atoms with Gasteiger partial charge in [-0.25, -0.2) is 0 Å². The predicted octanol–water partition coefficient (Wildman–Crippen LogP) is 5.13. The van der Waals surface area contributed by atoms with Crippen LogP contribution in [0.1, 0.15) is 21.8 Å². The van der Waals surface area contributed by atoms with Crippen LogP contribution in [0.5, 0.6) is 0 Å². The van der Waals surface area contributed by atoms with Crippen molar-refractivity contribution in [3.8, 4) is 11.4 Å². The number of aromatic nitrogens is 3. The first kappa shape index (κ1) is 18.7. The molecule has 2 aromatic heterocycles. The van der Waals surface area contributed by atoms with Crippen molar-refractivity contribution in [2.75, 3.05) is 5.32 Å². The molecule has 0 saturated heterocycles. The second kappa shape index (κ2) is 8.20. The van der Waals surface area contributed by atoms with Crippen molar-refractivity contribution in [2.45, 2.75) is 6.42 Å². The van der Waals surface area contributed by atoms with Gasteiger partial charge in [-0.15, -0.1) is 0 Å². The van der Waals surface area contributed by atoms with Crippen LogP contribution in [0.15, 0.2) is 95.8 Å². The molecule has 1 amide bonds. The van der Waals surface area contributed by atoms with E-state index in [-0.39, 0.29) is 5.91 Å². The molecule has 0 bridgehead atoms. The third-order valence-electron chi connectivity index (χ3n) is 5.03. The normalized spacial score (nSPS) is 10.8. The lowest BCUT2D eigenvalue weighted by Gasteiger charge is -2.11. The van der Waals surface area contributed by atoms with Gasteiger partial charge in [-0.1, -0.05) is 59.8 Å². The fraction of sp³-hybridized carbons (Fsp3) is 0.0400. The Morgan fingerprint density at radius 3 is 2.65 bits per heavy atom. The first-order valence-corrected chi connectivity index (χ1v) is 9.88.